The monoisotopic (exact) mass is 412 g/mol. The molecule has 3 aromatic rings. The lowest BCUT2D eigenvalue weighted by molar-refractivity contribution is -0.147. The van der Waals surface area contributed by atoms with E-state index in [0.29, 0.717) is 36.5 Å². The summed E-state index contributed by atoms with van der Waals surface area (Å²) in [7, 11) is 0. The summed E-state index contributed by atoms with van der Waals surface area (Å²) in [5.74, 6) is -0.252. The van der Waals surface area contributed by atoms with Crippen LogP contribution in [0.15, 0.2) is 39.9 Å². The number of rotatable bonds is 9. The van der Waals surface area contributed by atoms with E-state index in [9.17, 15) is 14.4 Å². The van der Waals surface area contributed by atoms with E-state index < -0.39 is 11.2 Å². The van der Waals surface area contributed by atoms with Gasteiger partial charge in [-0.25, -0.2) is 9.78 Å². The fourth-order valence-electron chi connectivity index (χ4n) is 3.65. The fourth-order valence-corrected chi connectivity index (χ4v) is 3.65. The molecule has 0 unspecified atom stereocenters. The Bertz CT molecular complexity index is 1130. The van der Waals surface area contributed by atoms with Crippen LogP contribution in [-0.4, -0.2) is 25.1 Å². The molecule has 0 radical (unpaired) electrons. The molecule has 0 saturated heterocycles. The first-order chi connectivity index (χ1) is 14.5. The van der Waals surface area contributed by atoms with E-state index in [-0.39, 0.29) is 18.5 Å². The molecule has 0 fully saturated rings. The Balaban J connectivity index is 1.92. The maximum Gasteiger partial charge on any atom is 0.330 e. The summed E-state index contributed by atoms with van der Waals surface area (Å²) in [6.45, 7) is 6.72. The highest BCUT2D eigenvalue weighted by atomic mass is 16.5. The summed E-state index contributed by atoms with van der Waals surface area (Å²) in [4.78, 5) is 44.4. The molecule has 0 spiro atoms. The maximum absolute atomic E-state index is 12.7. The van der Waals surface area contributed by atoms with Gasteiger partial charge in [0.25, 0.3) is 5.56 Å². The zero-order chi connectivity index (χ0) is 21.7. The molecule has 8 nitrogen and oxygen atoms in total. The lowest BCUT2D eigenvalue weighted by Crippen LogP contribution is -2.31. The summed E-state index contributed by atoms with van der Waals surface area (Å²) in [5.41, 5.74) is 0.610. The third kappa shape index (κ3) is 4.22. The molecule has 1 N–H and O–H groups in total. The first kappa shape index (κ1) is 21.5. The third-order valence-electron chi connectivity index (χ3n) is 5.25. The van der Waals surface area contributed by atoms with Gasteiger partial charge in [-0.15, -0.1) is 0 Å². The van der Waals surface area contributed by atoms with Crippen molar-refractivity contribution in [1.82, 2.24) is 19.1 Å². The van der Waals surface area contributed by atoms with Crippen LogP contribution in [0.2, 0.25) is 0 Å². The van der Waals surface area contributed by atoms with Crippen molar-refractivity contribution >= 4 is 17.1 Å². The van der Waals surface area contributed by atoms with Crippen molar-refractivity contribution in [2.45, 2.75) is 65.6 Å². The number of aromatic nitrogens is 4. The lowest BCUT2D eigenvalue weighted by atomic mass is 9.97. The number of ether oxygens (including phenoxy) is 1. The van der Waals surface area contributed by atoms with Crippen molar-refractivity contribution in [3.05, 3.63) is 62.6 Å². The van der Waals surface area contributed by atoms with Crippen LogP contribution in [0.1, 0.15) is 57.3 Å². The molecule has 0 saturated carbocycles. The Kier molecular flexibility index (Phi) is 6.87. The van der Waals surface area contributed by atoms with Gasteiger partial charge in [-0.2, -0.15) is 0 Å². The van der Waals surface area contributed by atoms with Crippen LogP contribution >= 0.6 is 0 Å². The Morgan fingerprint density at radius 1 is 1.13 bits per heavy atom. The molecule has 2 aromatic heterocycles. The second kappa shape index (κ2) is 9.56. The van der Waals surface area contributed by atoms with Crippen molar-refractivity contribution < 1.29 is 9.53 Å². The van der Waals surface area contributed by atoms with E-state index in [1.807, 2.05) is 51.1 Å². The molecular formula is C22H28N4O4. The van der Waals surface area contributed by atoms with Crippen LogP contribution in [0.25, 0.3) is 11.2 Å². The van der Waals surface area contributed by atoms with E-state index in [1.54, 1.807) is 4.57 Å². The Morgan fingerprint density at radius 3 is 2.50 bits per heavy atom. The number of carbonyl (C=O) groups is 1. The molecular weight excluding hydrogens is 384 g/mol. The number of aromatic amines is 1. The van der Waals surface area contributed by atoms with Crippen LogP contribution in [0.3, 0.4) is 0 Å². The van der Waals surface area contributed by atoms with Crippen LogP contribution in [-0.2, 0) is 29.2 Å². The fraction of sp³-hybridized carbons (Fsp3) is 0.455. The predicted molar refractivity (Wildman–Crippen MR) is 114 cm³/mol. The average Bonchev–Trinajstić information content (AvgIpc) is 3.12. The Labute approximate surface area is 174 Å². The number of esters is 1. The average molecular weight is 412 g/mol. The van der Waals surface area contributed by atoms with Crippen molar-refractivity contribution in [3.63, 3.8) is 0 Å². The lowest BCUT2D eigenvalue weighted by Gasteiger charge is -2.14. The smallest absolute Gasteiger partial charge is 0.330 e. The highest BCUT2D eigenvalue weighted by molar-refractivity contribution is 5.78. The van der Waals surface area contributed by atoms with Crippen molar-refractivity contribution in [2.24, 2.45) is 0 Å². The Hall–Kier alpha value is -3.16. The van der Waals surface area contributed by atoms with E-state index >= 15 is 0 Å². The molecule has 160 valence electrons. The molecule has 30 heavy (non-hydrogen) atoms. The summed E-state index contributed by atoms with van der Waals surface area (Å²) in [6.07, 6.45) is 2.31. The van der Waals surface area contributed by atoms with Crippen LogP contribution in [0.5, 0.6) is 0 Å². The van der Waals surface area contributed by atoms with Crippen molar-refractivity contribution in [3.8, 4) is 0 Å². The number of fused-ring (bicyclic) bond motifs is 1. The number of nitrogens with one attached hydrogen (secondary N) is 1. The topological polar surface area (TPSA) is 99.0 Å². The molecule has 0 aliphatic heterocycles. The summed E-state index contributed by atoms with van der Waals surface area (Å²) in [6, 6.07) is 9.50. The largest absolute Gasteiger partial charge is 0.457 e. The van der Waals surface area contributed by atoms with Crippen LogP contribution in [0.4, 0.5) is 0 Å². The number of hydrogen-bond donors (Lipinski definition) is 1. The van der Waals surface area contributed by atoms with Gasteiger partial charge in [0.15, 0.2) is 11.2 Å². The van der Waals surface area contributed by atoms with Crippen molar-refractivity contribution in [2.75, 3.05) is 0 Å². The minimum Gasteiger partial charge on any atom is -0.457 e. The highest BCUT2D eigenvalue weighted by Crippen LogP contribution is 2.22. The zero-order valence-electron chi connectivity index (χ0n) is 17.7. The minimum absolute atomic E-state index is 0.0634. The molecule has 8 heteroatoms. The number of unbranched alkanes of at least 4 members (excludes halogenated alkanes) is 1. The van der Waals surface area contributed by atoms with Gasteiger partial charge in [-0.1, -0.05) is 50.6 Å². The first-order valence-electron chi connectivity index (χ1n) is 10.5. The second-order valence-corrected chi connectivity index (χ2v) is 7.19. The molecule has 0 aliphatic rings. The SMILES string of the molecule is CCCCn1c(=O)[nH]c(=O)c2c1nc(COC(=O)[C@@H](CC)c1ccccc1)n2CC. The number of aryl methyl sites for hydroxylation is 2. The van der Waals surface area contributed by atoms with Crippen LogP contribution < -0.4 is 11.2 Å². The van der Waals surface area contributed by atoms with E-state index in [4.69, 9.17) is 4.74 Å². The van der Waals surface area contributed by atoms with E-state index in [1.165, 1.54) is 4.57 Å². The summed E-state index contributed by atoms with van der Waals surface area (Å²) < 4.78 is 8.76. The first-order valence-corrected chi connectivity index (χ1v) is 10.5. The maximum atomic E-state index is 12.7. The van der Waals surface area contributed by atoms with Gasteiger partial charge < -0.3 is 9.30 Å². The van der Waals surface area contributed by atoms with Gasteiger partial charge in [-0.05, 0) is 25.3 Å². The molecule has 2 heterocycles. The molecule has 1 atom stereocenters. The minimum atomic E-state index is -0.481. The standard InChI is InChI=1S/C22H28N4O4/c1-4-7-13-26-19-18(20(27)24-22(26)29)25(6-3)17(23-19)14-30-21(28)16(5-2)15-11-9-8-10-12-15/h8-12,16H,4-7,13-14H2,1-3H3,(H,24,27,29)/t16-/m0/s1. The third-order valence-corrected chi connectivity index (χ3v) is 5.25. The summed E-state index contributed by atoms with van der Waals surface area (Å²) in [5, 5.41) is 0. The number of H-pyrrole nitrogens is 1. The van der Waals surface area contributed by atoms with E-state index in [0.717, 1.165) is 18.4 Å². The number of hydrogen-bond acceptors (Lipinski definition) is 5. The normalized spacial score (nSPS) is 12.2. The van der Waals surface area contributed by atoms with Gasteiger partial charge >= 0.3 is 11.7 Å². The molecule has 3 rings (SSSR count). The van der Waals surface area contributed by atoms with Crippen LogP contribution in [0, 0.1) is 0 Å². The van der Waals surface area contributed by atoms with Gasteiger partial charge in [0, 0.05) is 13.1 Å². The molecule has 1 aromatic carbocycles. The van der Waals surface area contributed by atoms with Gasteiger partial charge in [-0.3, -0.25) is 19.1 Å². The zero-order valence-corrected chi connectivity index (χ0v) is 17.7. The quantitative estimate of drug-likeness (QED) is 0.545. The highest BCUT2D eigenvalue weighted by Gasteiger charge is 2.22. The molecule has 0 amide bonds. The number of carbonyl (C=O) groups excluding carboxylic acids is 1. The van der Waals surface area contributed by atoms with Crippen molar-refractivity contribution in [1.29, 1.82) is 0 Å². The predicted octanol–water partition coefficient (Wildman–Crippen LogP) is 2.94. The van der Waals surface area contributed by atoms with E-state index in [2.05, 4.69) is 9.97 Å². The Morgan fingerprint density at radius 2 is 1.87 bits per heavy atom. The van der Waals surface area contributed by atoms with Gasteiger partial charge in [0.2, 0.25) is 0 Å². The summed E-state index contributed by atoms with van der Waals surface area (Å²) >= 11 is 0. The van der Waals surface area contributed by atoms with Gasteiger partial charge in [0.05, 0.1) is 5.92 Å². The number of benzene rings is 1. The molecule has 0 bridgehead atoms. The second-order valence-electron chi connectivity index (χ2n) is 7.19. The number of imidazole rings is 1. The van der Waals surface area contributed by atoms with Gasteiger partial charge in [0.1, 0.15) is 12.4 Å². The number of nitrogens with zero attached hydrogens (tertiary/aromatic N) is 3. The molecule has 0 aliphatic carbocycles.